The van der Waals surface area contributed by atoms with Gasteiger partial charge in [-0.15, -0.1) is 0 Å². The summed E-state index contributed by atoms with van der Waals surface area (Å²) in [4.78, 5) is 17.8. The van der Waals surface area contributed by atoms with E-state index in [1.807, 2.05) is 43.1 Å². The van der Waals surface area contributed by atoms with E-state index in [1.54, 1.807) is 24.3 Å². The highest BCUT2D eigenvalue weighted by Gasteiger charge is 2.06. The van der Waals surface area contributed by atoms with Gasteiger partial charge in [0.1, 0.15) is 12.4 Å². The van der Waals surface area contributed by atoms with Crippen molar-refractivity contribution in [3.8, 4) is 5.75 Å². The number of rotatable bonds is 8. The van der Waals surface area contributed by atoms with Gasteiger partial charge in [-0.1, -0.05) is 23.7 Å². The van der Waals surface area contributed by atoms with Gasteiger partial charge < -0.3 is 20.7 Å². The van der Waals surface area contributed by atoms with Crippen molar-refractivity contribution in [2.24, 2.45) is 10.7 Å². The number of hydrogen-bond donors (Lipinski definition) is 2. The maximum atomic E-state index is 11.1. The van der Waals surface area contributed by atoms with Crippen LogP contribution in [0.15, 0.2) is 53.5 Å². The Balaban J connectivity index is 1.90. The number of nitrogens with one attached hydrogen (secondary N) is 1. The van der Waals surface area contributed by atoms with Crippen molar-refractivity contribution in [1.29, 1.82) is 0 Å². The van der Waals surface area contributed by atoms with Gasteiger partial charge in [-0.25, -0.2) is 4.99 Å². The van der Waals surface area contributed by atoms with Gasteiger partial charge in [-0.05, 0) is 48.9 Å². The molecule has 0 bridgehead atoms. The number of hydrogen-bond acceptors (Lipinski definition) is 3. The molecule has 0 aliphatic rings. The molecule has 0 saturated carbocycles. The third-order valence-corrected chi connectivity index (χ3v) is 4.11. The first-order valence-corrected chi connectivity index (χ1v) is 9.14. The molecule has 7 heteroatoms. The monoisotopic (exact) mass is 388 g/mol. The Labute approximate surface area is 165 Å². The van der Waals surface area contributed by atoms with Gasteiger partial charge in [0.15, 0.2) is 5.96 Å². The lowest BCUT2D eigenvalue weighted by Crippen LogP contribution is -2.40. The number of nitrogens with zero attached hydrogens (tertiary/aromatic N) is 2. The van der Waals surface area contributed by atoms with Crippen molar-refractivity contribution in [3.63, 3.8) is 0 Å². The fourth-order valence-corrected chi connectivity index (χ4v) is 2.47. The number of guanidine groups is 1. The number of halogens is 1. The van der Waals surface area contributed by atoms with Crippen molar-refractivity contribution in [2.45, 2.75) is 13.5 Å². The van der Waals surface area contributed by atoms with Crippen molar-refractivity contribution in [1.82, 2.24) is 10.2 Å². The van der Waals surface area contributed by atoms with Gasteiger partial charge in [0.25, 0.3) is 0 Å². The maximum Gasteiger partial charge on any atom is 0.248 e. The molecule has 0 aromatic heterocycles. The quantitative estimate of drug-likeness (QED) is 0.538. The summed E-state index contributed by atoms with van der Waals surface area (Å²) in [5.74, 6) is 1.14. The Kier molecular flexibility index (Phi) is 7.95. The molecule has 0 spiro atoms. The SMILES string of the molecule is CCNC(=NCc1ccc(C(N)=O)cc1)N(C)CCOc1ccc(Cl)cc1. The highest BCUT2D eigenvalue weighted by atomic mass is 35.5. The molecule has 3 N–H and O–H groups in total. The fourth-order valence-electron chi connectivity index (χ4n) is 2.35. The van der Waals surface area contributed by atoms with Crippen molar-refractivity contribution >= 4 is 23.5 Å². The van der Waals surface area contributed by atoms with E-state index in [0.29, 0.717) is 30.3 Å². The lowest BCUT2D eigenvalue weighted by molar-refractivity contribution is 0.100. The van der Waals surface area contributed by atoms with Crippen LogP contribution in [0.3, 0.4) is 0 Å². The number of ether oxygens (including phenoxy) is 1. The van der Waals surface area contributed by atoms with E-state index in [0.717, 1.165) is 23.8 Å². The Morgan fingerprint density at radius 1 is 1.19 bits per heavy atom. The topological polar surface area (TPSA) is 79.9 Å². The molecular formula is C20H25ClN4O2. The molecule has 2 aromatic rings. The average molecular weight is 389 g/mol. The minimum Gasteiger partial charge on any atom is -0.492 e. The molecule has 0 aliphatic carbocycles. The number of benzene rings is 2. The molecular weight excluding hydrogens is 364 g/mol. The van der Waals surface area contributed by atoms with E-state index in [2.05, 4.69) is 10.3 Å². The third-order valence-electron chi connectivity index (χ3n) is 3.86. The van der Waals surface area contributed by atoms with E-state index in [-0.39, 0.29) is 0 Å². The maximum absolute atomic E-state index is 11.1. The van der Waals surface area contributed by atoms with Gasteiger partial charge in [-0.2, -0.15) is 0 Å². The van der Waals surface area contributed by atoms with Crippen molar-refractivity contribution in [3.05, 3.63) is 64.7 Å². The largest absolute Gasteiger partial charge is 0.492 e. The first-order chi connectivity index (χ1) is 13.0. The third kappa shape index (κ3) is 6.83. The molecule has 0 radical (unpaired) electrons. The summed E-state index contributed by atoms with van der Waals surface area (Å²) >= 11 is 5.87. The van der Waals surface area contributed by atoms with Crippen molar-refractivity contribution in [2.75, 3.05) is 26.7 Å². The highest BCUT2D eigenvalue weighted by Crippen LogP contribution is 2.15. The Bertz CT molecular complexity index is 761. The molecule has 2 aromatic carbocycles. The molecule has 27 heavy (non-hydrogen) atoms. The number of primary amides is 1. The van der Waals surface area contributed by atoms with Crippen LogP contribution in [0.5, 0.6) is 5.75 Å². The second-order valence-corrected chi connectivity index (χ2v) is 6.39. The predicted molar refractivity (Wildman–Crippen MR) is 109 cm³/mol. The number of aliphatic imine (C=N–C) groups is 1. The van der Waals surface area contributed by atoms with Gasteiger partial charge in [0.05, 0.1) is 13.1 Å². The molecule has 0 aliphatic heterocycles. The molecule has 0 saturated heterocycles. The minimum absolute atomic E-state index is 0.432. The average Bonchev–Trinajstić information content (AvgIpc) is 2.67. The van der Waals surface area contributed by atoms with Crippen LogP contribution in [-0.4, -0.2) is 43.5 Å². The fraction of sp³-hybridized carbons (Fsp3) is 0.300. The lowest BCUT2D eigenvalue weighted by Gasteiger charge is -2.22. The summed E-state index contributed by atoms with van der Waals surface area (Å²) in [5, 5.41) is 3.95. The normalized spacial score (nSPS) is 11.1. The smallest absolute Gasteiger partial charge is 0.248 e. The van der Waals surface area contributed by atoms with Gasteiger partial charge in [0, 0.05) is 24.2 Å². The minimum atomic E-state index is -0.432. The zero-order chi connectivity index (χ0) is 19.6. The van der Waals surface area contributed by atoms with Crippen LogP contribution in [0.2, 0.25) is 5.02 Å². The summed E-state index contributed by atoms with van der Waals surface area (Å²) in [6, 6.07) is 14.4. The summed E-state index contributed by atoms with van der Waals surface area (Å²) in [7, 11) is 1.96. The first kappa shape index (κ1) is 20.6. The van der Waals surface area contributed by atoms with E-state index < -0.39 is 5.91 Å². The van der Waals surface area contributed by atoms with Crippen LogP contribution < -0.4 is 15.8 Å². The summed E-state index contributed by atoms with van der Waals surface area (Å²) in [6.45, 7) is 4.49. The van der Waals surface area contributed by atoms with E-state index in [9.17, 15) is 4.79 Å². The Morgan fingerprint density at radius 2 is 1.85 bits per heavy atom. The molecule has 0 fully saturated rings. The van der Waals surface area contributed by atoms with Crippen LogP contribution in [0, 0.1) is 0 Å². The number of likely N-dealkylation sites (N-methyl/N-ethyl adjacent to an activating group) is 1. The van der Waals surface area contributed by atoms with Gasteiger partial charge in [-0.3, -0.25) is 4.79 Å². The van der Waals surface area contributed by atoms with E-state index in [4.69, 9.17) is 22.1 Å². The highest BCUT2D eigenvalue weighted by molar-refractivity contribution is 6.30. The molecule has 0 unspecified atom stereocenters. The number of carbonyl (C=O) groups is 1. The van der Waals surface area contributed by atoms with Crippen LogP contribution in [0.1, 0.15) is 22.8 Å². The molecule has 0 heterocycles. The zero-order valence-corrected chi connectivity index (χ0v) is 16.4. The predicted octanol–water partition coefficient (Wildman–Crippen LogP) is 2.92. The van der Waals surface area contributed by atoms with Crippen LogP contribution in [-0.2, 0) is 6.54 Å². The Morgan fingerprint density at radius 3 is 2.44 bits per heavy atom. The summed E-state index contributed by atoms with van der Waals surface area (Å²) in [6.07, 6.45) is 0. The van der Waals surface area contributed by atoms with Crippen LogP contribution in [0.4, 0.5) is 0 Å². The molecule has 0 atom stereocenters. The second kappa shape index (κ2) is 10.4. The van der Waals surface area contributed by atoms with Crippen LogP contribution >= 0.6 is 11.6 Å². The second-order valence-electron chi connectivity index (χ2n) is 5.96. The van der Waals surface area contributed by atoms with Gasteiger partial charge in [0.2, 0.25) is 5.91 Å². The number of amides is 1. The molecule has 1 amide bonds. The molecule has 144 valence electrons. The van der Waals surface area contributed by atoms with Gasteiger partial charge >= 0.3 is 0 Å². The van der Waals surface area contributed by atoms with Crippen molar-refractivity contribution < 1.29 is 9.53 Å². The Hall–Kier alpha value is -2.73. The van der Waals surface area contributed by atoms with E-state index >= 15 is 0 Å². The first-order valence-electron chi connectivity index (χ1n) is 8.76. The standard InChI is InChI=1S/C20H25ClN4O2/c1-3-23-20(24-14-15-4-6-16(7-5-15)19(22)26)25(2)12-13-27-18-10-8-17(21)9-11-18/h4-11H,3,12-14H2,1-2H3,(H2,22,26)(H,23,24). The summed E-state index contributed by atoms with van der Waals surface area (Å²) < 4.78 is 5.73. The lowest BCUT2D eigenvalue weighted by atomic mass is 10.1. The van der Waals surface area contributed by atoms with Crippen LogP contribution in [0.25, 0.3) is 0 Å². The number of carbonyl (C=O) groups excluding carboxylic acids is 1. The molecule has 6 nitrogen and oxygen atoms in total. The van der Waals surface area contributed by atoms with E-state index in [1.165, 1.54) is 0 Å². The summed E-state index contributed by atoms with van der Waals surface area (Å²) in [5.41, 5.74) is 6.75. The molecule has 2 rings (SSSR count). The number of nitrogens with two attached hydrogens (primary N) is 1. The zero-order valence-electron chi connectivity index (χ0n) is 15.6.